The Morgan fingerprint density at radius 2 is 1.94 bits per heavy atom. The fourth-order valence-corrected chi connectivity index (χ4v) is 1.23. The van der Waals surface area contributed by atoms with E-state index < -0.39 is 23.4 Å². The first kappa shape index (κ1) is 14.1. The second-order valence-electron chi connectivity index (χ2n) is 3.40. The van der Waals surface area contributed by atoms with Crippen LogP contribution in [0.3, 0.4) is 0 Å². The van der Waals surface area contributed by atoms with Crippen molar-refractivity contribution >= 4 is 5.91 Å². The van der Waals surface area contributed by atoms with Crippen LogP contribution < -0.4 is 5.32 Å². The predicted octanol–water partition coefficient (Wildman–Crippen LogP) is 2.38. The van der Waals surface area contributed by atoms with Gasteiger partial charge in [-0.3, -0.25) is 4.79 Å². The molecule has 0 aromatic heterocycles. The molecule has 3 nitrogen and oxygen atoms in total. The van der Waals surface area contributed by atoms with E-state index >= 15 is 0 Å². The molecule has 0 atom stereocenters. The average Bonchev–Trinajstić information content (AvgIpc) is 2.34. The molecule has 0 radical (unpaired) electrons. The predicted molar refractivity (Wildman–Crippen MR) is 59.4 cm³/mol. The largest absolute Gasteiger partial charge is 0.502 e. The minimum absolute atomic E-state index is 0.268. The Bertz CT molecular complexity index is 426. The van der Waals surface area contributed by atoms with Gasteiger partial charge in [0.2, 0.25) is 0 Å². The van der Waals surface area contributed by atoms with Crippen molar-refractivity contribution in [1.82, 2.24) is 5.32 Å². The highest BCUT2D eigenvalue weighted by Gasteiger charge is 2.14. The Morgan fingerprint density at radius 3 is 2.50 bits per heavy atom. The number of carbonyl (C=O) groups is 1. The lowest BCUT2D eigenvalue weighted by Gasteiger charge is -2.06. The van der Waals surface area contributed by atoms with Crippen LogP contribution in [0.2, 0.25) is 0 Å². The first-order valence-corrected chi connectivity index (χ1v) is 5.21. The highest BCUT2D eigenvalue weighted by molar-refractivity contribution is 5.94. The molecule has 0 aliphatic heterocycles. The molecule has 0 saturated carbocycles. The van der Waals surface area contributed by atoms with E-state index in [9.17, 15) is 18.0 Å². The Morgan fingerprint density at radius 1 is 1.33 bits per heavy atom. The number of amides is 1. The summed E-state index contributed by atoms with van der Waals surface area (Å²) in [6, 6.07) is 1.29. The average molecular weight is 259 g/mol. The van der Waals surface area contributed by atoms with Crippen molar-refractivity contribution in [3.63, 3.8) is 0 Å². The van der Waals surface area contributed by atoms with Crippen LogP contribution in [0.1, 0.15) is 16.8 Å². The summed E-state index contributed by atoms with van der Waals surface area (Å²) in [5, 5.41) is 2.42. The van der Waals surface area contributed by atoms with Crippen LogP contribution in [0.15, 0.2) is 25.0 Å². The molecule has 1 aromatic carbocycles. The van der Waals surface area contributed by atoms with Gasteiger partial charge in [0.15, 0.2) is 17.5 Å². The Kier molecular flexibility index (Phi) is 5.23. The van der Waals surface area contributed by atoms with Gasteiger partial charge in [0.05, 0.1) is 12.9 Å². The second kappa shape index (κ2) is 6.68. The third-order valence-corrected chi connectivity index (χ3v) is 2.09. The molecule has 1 N–H and O–H groups in total. The number of carbonyl (C=O) groups excluding carboxylic acids is 1. The molecule has 1 amide bonds. The summed E-state index contributed by atoms with van der Waals surface area (Å²) in [5.41, 5.74) is -0.268. The molecule has 0 fully saturated rings. The summed E-state index contributed by atoms with van der Waals surface area (Å²) in [5.74, 6) is -5.05. The van der Waals surface area contributed by atoms with E-state index in [0.717, 1.165) is 0 Å². The molecule has 1 aromatic rings. The molecule has 0 spiro atoms. The fraction of sp³-hybridized carbons (Fsp3) is 0.250. The zero-order valence-electron chi connectivity index (χ0n) is 9.51. The van der Waals surface area contributed by atoms with Crippen LogP contribution in [0, 0.1) is 17.5 Å². The maximum absolute atomic E-state index is 12.9. The Balaban J connectivity index is 2.54. The van der Waals surface area contributed by atoms with Gasteiger partial charge < -0.3 is 10.1 Å². The monoisotopic (exact) mass is 259 g/mol. The normalized spacial score (nSPS) is 9.94. The number of ether oxygens (including phenoxy) is 1. The van der Waals surface area contributed by atoms with E-state index in [1.165, 1.54) is 6.26 Å². The highest BCUT2D eigenvalue weighted by atomic mass is 19.2. The maximum Gasteiger partial charge on any atom is 0.251 e. The SMILES string of the molecule is C=COCCCNC(=O)c1cc(F)c(F)c(F)c1. The van der Waals surface area contributed by atoms with E-state index in [-0.39, 0.29) is 12.1 Å². The van der Waals surface area contributed by atoms with Gasteiger partial charge in [-0.2, -0.15) is 0 Å². The minimum Gasteiger partial charge on any atom is -0.502 e. The number of hydrogen-bond donors (Lipinski definition) is 1. The van der Waals surface area contributed by atoms with Gasteiger partial charge in [-0.1, -0.05) is 6.58 Å². The second-order valence-corrected chi connectivity index (χ2v) is 3.40. The van der Waals surface area contributed by atoms with E-state index in [0.29, 0.717) is 25.2 Å². The van der Waals surface area contributed by atoms with Crippen LogP contribution >= 0.6 is 0 Å². The summed E-state index contributed by atoms with van der Waals surface area (Å²) >= 11 is 0. The summed E-state index contributed by atoms with van der Waals surface area (Å²) in [7, 11) is 0. The van der Waals surface area contributed by atoms with E-state index in [4.69, 9.17) is 4.74 Å². The summed E-state index contributed by atoms with van der Waals surface area (Å²) in [4.78, 5) is 11.5. The summed E-state index contributed by atoms with van der Waals surface area (Å²) in [6.07, 6.45) is 1.79. The molecule has 18 heavy (non-hydrogen) atoms. The van der Waals surface area contributed by atoms with Crippen molar-refractivity contribution in [3.8, 4) is 0 Å². The van der Waals surface area contributed by atoms with Gasteiger partial charge in [-0.05, 0) is 18.6 Å². The standard InChI is InChI=1S/C12H12F3NO2/c1-2-18-5-3-4-16-12(17)8-6-9(13)11(15)10(14)7-8/h2,6-7H,1,3-5H2,(H,16,17). The molecular weight excluding hydrogens is 247 g/mol. The van der Waals surface area contributed by atoms with E-state index in [2.05, 4.69) is 11.9 Å². The zero-order chi connectivity index (χ0) is 13.5. The number of hydrogen-bond acceptors (Lipinski definition) is 2. The van der Waals surface area contributed by atoms with Crippen molar-refractivity contribution in [2.24, 2.45) is 0 Å². The fourth-order valence-electron chi connectivity index (χ4n) is 1.23. The van der Waals surface area contributed by atoms with Gasteiger partial charge in [-0.15, -0.1) is 0 Å². The van der Waals surface area contributed by atoms with Gasteiger partial charge in [0.25, 0.3) is 5.91 Å². The molecule has 0 bridgehead atoms. The quantitative estimate of drug-likeness (QED) is 0.484. The van der Waals surface area contributed by atoms with Gasteiger partial charge in [-0.25, -0.2) is 13.2 Å². The number of rotatable bonds is 6. The topological polar surface area (TPSA) is 38.3 Å². The number of nitrogens with one attached hydrogen (secondary N) is 1. The van der Waals surface area contributed by atoms with Crippen LogP contribution in [0.4, 0.5) is 13.2 Å². The van der Waals surface area contributed by atoms with Crippen LogP contribution in [-0.2, 0) is 4.74 Å². The minimum atomic E-state index is -1.59. The zero-order valence-corrected chi connectivity index (χ0v) is 9.51. The van der Waals surface area contributed by atoms with Crippen molar-refractivity contribution in [2.45, 2.75) is 6.42 Å². The van der Waals surface area contributed by atoms with Gasteiger partial charge >= 0.3 is 0 Å². The molecule has 6 heteroatoms. The third-order valence-electron chi connectivity index (χ3n) is 2.09. The van der Waals surface area contributed by atoms with E-state index in [1.54, 1.807) is 0 Å². The smallest absolute Gasteiger partial charge is 0.251 e. The van der Waals surface area contributed by atoms with E-state index in [1.807, 2.05) is 0 Å². The molecule has 0 aliphatic rings. The van der Waals surface area contributed by atoms with Crippen LogP contribution in [-0.4, -0.2) is 19.1 Å². The molecule has 0 heterocycles. The summed E-state index contributed by atoms with van der Waals surface area (Å²) < 4.78 is 43.2. The first-order valence-electron chi connectivity index (χ1n) is 5.21. The maximum atomic E-state index is 12.9. The molecule has 1 rings (SSSR count). The number of halogens is 3. The molecule has 0 unspecified atom stereocenters. The number of benzene rings is 1. The molecule has 0 saturated heterocycles. The van der Waals surface area contributed by atoms with Crippen molar-refractivity contribution in [2.75, 3.05) is 13.2 Å². The van der Waals surface area contributed by atoms with Gasteiger partial charge in [0.1, 0.15) is 0 Å². The first-order chi connectivity index (χ1) is 8.56. The van der Waals surface area contributed by atoms with Crippen molar-refractivity contribution < 1.29 is 22.7 Å². The lowest BCUT2D eigenvalue weighted by molar-refractivity contribution is 0.0949. The van der Waals surface area contributed by atoms with Crippen LogP contribution in [0.5, 0.6) is 0 Å². The lowest BCUT2D eigenvalue weighted by Crippen LogP contribution is -2.25. The van der Waals surface area contributed by atoms with Crippen LogP contribution in [0.25, 0.3) is 0 Å². The van der Waals surface area contributed by atoms with Crippen molar-refractivity contribution in [1.29, 1.82) is 0 Å². The van der Waals surface area contributed by atoms with Crippen molar-refractivity contribution in [3.05, 3.63) is 48.0 Å². The molecular formula is C12H12F3NO2. The Labute approximate surface area is 102 Å². The molecule has 98 valence electrons. The third kappa shape index (κ3) is 3.80. The molecule has 0 aliphatic carbocycles. The summed E-state index contributed by atoms with van der Waals surface area (Å²) in [6.45, 7) is 3.98. The highest BCUT2D eigenvalue weighted by Crippen LogP contribution is 2.13. The van der Waals surface area contributed by atoms with Gasteiger partial charge in [0, 0.05) is 12.1 Å². The lowest BCUT2D eigenvalue weighted by atomic mass is 10.2. The Hall–Kier alpha value is -1.98.